The molecule has 7 heteroatoms. The Morgan fingerprint density at radius 2 is 2.07 bits per heavy atom. The van der Waals surface area contributed by atoms with Crippen molar-refractivity contribution in [3.8, 4) is 0 Å². The second kappa shape index (κ2) is 6.30. The van der Waals surface area contributed by atoms with E-state index in [1.54, 1.807) is 0 Å². The number of nitrogens with zero attached hydrogens (tertiary/aromatic N) is 2. The van der Waals surface area contributed by atoms with Crippen LogP contribution in [0.3, 0.4) is 0 Å². The highest BCUT2D eigenvalue weighted by Gasteiger charge is 2.37. The molecule has 2 aromatic rings. The molecular weight excluding hydrogens is 361 g/mol. The van der Waals surface area contributed by atoms with Crippen LogP contribution in [0.15, 0.2) is 17.1 Å². The van der Waals surface area contributed by atoms with E-state index in [0.29, 0.717) is 24.6 Å². The van der Waals surface area contributed by atoms with E-state index in [-0.39, 0.29) is 23.0 Å². The highest BCUT2D eigenvalue weighted by molar-refractivity contribution is 5.95. The van der Waals surface area contributed by atoms with Crippen LogP contribution in [-0.4, -0.2) is 34.8 Å². The summed E-state index contributed by atoms with van der Waals surface area (Å²) in [7, 11) is 0. The summed E-state index contributed by atoms with van der Waals surface area (Å²) < 4.78 is 17.3. The Morgan fingerprint density at radius 1 is 1.29 bits per heavy atom. The molecule has 6 nitrogen and oxygen atoms in total. The number of rotatable bonds is 3. The first-order chi connectivity index (χ1) is 13.5. The summed E-state index contributed by atoms with van der Waals surface area (Å²) in [6.07, 6.45) is 6.94. The van der Waals surface area contributed by atoms with E-state index in [2.05, 4.69) is 4.90 Å². The van der Waals surface area contributed by atoms with Crippen LogP contribution in [0.2, 0.25) is 0 Å². The molecule has 1 saturated carbocycles. The molecule has 0 spiro atoms. The number of anilines is 1. The van der Waals surface area contributed by atoms with E-state index >= 15 is 4.39 Å². The third-order valence-corrected chi connectivity index (χ3v) is 6.60. The molecule has 3 aliphatic rings. The number of halogens is 1. The molecule has 3 heterocycles. The summed E-state index contributed by atoms with van der Waals surface area (Å²) in [6.45, 7) is 1.32. The zero-order valence-corrected chi connectivity index (χ0v) is 15.7. The van der Waals surface area contributed by atoms with Crippen molar-refractivity contribution in [2.75, 3.05) is 18.0 Å². The second-order valence-electron chi connectivity index (χ2n) is 8.43. The molecule has 1 aromatic heterocycles. The van der Waals surface area contributed by atoms with Gasteiger partial charge in [-0.3, -0.25) is 4.79 Å². The number of hydrogen-bond donors (Lipinski definition) is 2. The molecule has 2 fully saturated rings. The minimum atomic E-state index is -1.26. The van der Waals surface area contributed by atoms with Gasteiger partial charge in [-0.15, -0.1) is 0 Å². The maximum Gasteiger partial charge on any atom is 0.341 e. The summed E-state index contributed by atoms with van der Waals surface area (Å²) in [4.78, 5) is 26.6. The molecule has 5 rings (SSSR count). The lowest BCUT2D eigenvalue weighted by Gasteiger charge is -2.28. The van der Waals surface area contributed by atoms with Gasteiger partial charge >= 0.3 is 5.97 Å². The monoisotopic (exact) mass is 385 g/mol. The zero-order valence-electron chi connectivity index (χ0n) is 15.7. The van der Waals surface area contributed by atoms with Crippen LogP contribution in [0.1, 0.15) is 54.1 Å². The van der Waals surface area contributed by atoms with E-state index in [1.165, 1.54) is 12.3 Å². The lowest BCUT2D eigenvalue weighted by atomic mass is 9.98. The molecule has 3 N–H and O–H groups in total. The predicted octanol–water partition coefficient (Wildman–Crippen LogP) is 2.66. The second-order valence-corrected chi connectivity index (χ2v) is 8.43. The lowest BCUT2D eigenvalue weighted by Crippen LogP contribution is -2.30. The van der Waals surface area contributed by atoms with E-state index in [1.807, 2.05) is 4.57 Å². The van der Waals surface area contributed by atoms with Crippen LogP contribution < -0.4 is 16.1 Å². The Kier molecular flexibility index (Phi) is 3.98. The first-order valence-corrected chi connectivity index (χ1v) is 10.1. The van der Waals surface area contributed by atoms with E-state index < -0.39 is 17.2 Å². The molecule has 2 aliphatic heterocycles. The van der Waals surface area contributed by atoms with Gasteiger partial charge < -0.3 is 20.3 Å². The fraction of sp³-hybridized carbons (Fsp3) is 0.524. The summed E-state index contributed by atoms with van der Waals surface area (Å²) in [5.41, 5.74) is 7.20. The number of hydrogen-bond acceptors (Lipinski definition) is 4. The Morgan fingerprint density at radius 3 is 2.75 bits per heavy atom. The fourth-order valence-electron chi connectivity index (χ4n) is 5.14. The van der Waals surface area contributed by atoms with Gasteiger partial charge in [0, 0.05) is 35.8 Å². The van der Waals surface area contributed by atoms with Crippen molar-refractivity contribution in [1.82, 2.24) is 4.57 Å². The minimum Gasteiger partial charge on any atom is -0.477 e. The number of aryl methyl sites for hydroxylation is 1. The van der Waals surface area contributed by atoms with Crippen LogP contribution >= 0.6 is 0 Å². The van der Waals surface area contributed by atoms with Gasteiger partial charge in [0.2, 0.25) is 5.43 Å². The van der Waals surface area contributed by atoms with Gasteiger partial charge in [0.25, 0.3) is 0 Å². The van der Waals surface area contributed by atoms with Crippen molar-refractivity contribution < 1.29 is 14.3 Å². The molecular formula is C21H24FN3O3. The number of benzene rings is 1. The van der Waals surface area contributed by atoms with Crippen LogP contribution in [0.4, 0.5) is 10.1 Å². The number of aromatic nitrogens is 1. The highest BCUT2D eigenvalue weighted by Crippen LogP contribution is 2.44. The number of aromatic carboxylic acids is 1. The predicted molar refractivity (Wildman–Crippen MR) is 105 cm³/mol. The third-order valence-electron chi connectivity index (χ3n) is 6.60. The minimum absolute atomic E-state index is 0.185. The molecule has 2 atom stereocenters. The summed E-state index contributed by atoms with van der Waals surface area (Å²) in [5.74, 6) is -1.33. The standard InChI is InChI=1S/C21H24FN3O3/c22-17-7-15-18(25(12-4-5-12)10-16(20(15)26)21(27)28)14-3-1-2-13-6-11(8-23)9-24(13)19(14)17/h7,10-13H,1-6,8-9,23H2,(H,27,28)/t11-,13+/m1/s1. The van der Waals surface area contributed by atoms with Gasteiger partial charge in [-0.05, 0) is 57.1 Å². The Hall–Kier alpha value is -2.41. The van der Waals surface area contributed by atoms with Crippen molar-refractivity contribution in [3.05, 3.63) is 39.4 Å². The molecule has 1 aromatic carbocycles. The average Bonchev–Trinajstić information content (AvgIpc) is 3.45. The van der Waals surface area contributed by atoms with Crippen LogP contribution in [0.25, 0.3) is 10.9 Å². The Balaban J connectivity index is 1.81. The van der Waals surface area contributed by atoms with Crippen molar-refractivity contribution in [1.29, 1.82) is 0 Å². The molecule has 0 radical (unpaired) electrons. The summed E-state index contributed by atoms with van der Waals surface area (Å²) in [6, 6.07) is 1.73. The average molecular weight is 385 g/mol. The molecule has 1 saturated heterocycles. The number of carboxylic acid groups (broad SMARTS) is 1. The molecule has 0 unspecified atom stereocenters. The topological polar surface area (TPSA) is 88.6 Å². The van der Waals surface area contributed by atoms with Gasteiger partial charge in [-0.25, -0.2) is 9.18 Å². The quantitative estimate of drug-likeness (QED) is 0.848. The van der Waals surface area contributed by atoms with E-state index in [4.69, 9.17) is 5.73 Å². The number of carboxylic acids is 1. The molecule has 148 valence electrons. The smallest absolute Gasteiger partial charge is 0.341 e. The van der Waals surface area contributed by atoms with E-state index in [9.17, 15) is 14.7 Å². The van der Waals surface area contributed by atoms with E-state index in [0.717, 1.165) is 49.7 Å². The SMILES string of the molecule is NC[C@H]1C[C@@H]2CCCc3c(c(F)cc4c(=O)c(C(=O)O)cn(C5CC5)c34)N2C1. The summed E-state index contributed by atoms with van der Waals surface area (Å²) in [5, 5.41) is 9.65. The van der Waals surface area contributed by atoms with Gasteiger partial charge in [0.15, 0.2) is 0 Å². The Labute approximate surface area is 161 Å². The van der Waals surface area contributed by atoms with Gasteiger partial charge in [0.05, 0.1) is 11.2 Å². The maximum atomic E-state index is 15.3. The first-order valence-electron chi connectivity index (χ1n) is 10.1. The van der Waals surface area contributed by atoms with Crippen molar-refractivity contribution in [2.45, 2.75) is 50.6 Å². The highest BCUT2D eigenvalue weighted by atomic mass is 19.1. The lowest BCUT2D eigenvalue weighted by molar-refractivity contribution is 0.0695. The maximum absolute atomic E-state index is 15.3. The third kappa shape index (κ3) is 2.56. The number of nitrogens with two attached hydrogens (primary N) is 1. The van der Waals surface area contributed by atoms with Crippen molar-refractivity contribution in [2.24, 2.45) is 11.7 Å². The molecule has 0 amide bonds. The fourth-order valence-corrected chi connectivity index (χ4v) is 5.14. The summed E-state index contributed by atoms with van der Waals surface area (Å²) >= 11 is 0. The van der Waals surface area contributed by atoms with Gasteiger partial charge in [-0.2, -0.15) is 0 Å². The largest absolute Gasteiger partial charge is 0.477 e. The van der Waals surface area contributed by atoms with Crippen LogP contribution in [-0.2, 0) is 6.42 Å². The number of fused-ring (bicyclic) bond motifs is 5. The number of carbonyl (C=O) groups is 1. The van der Waals surface area contributed by atoms with Crippen molar-refractivity contribution >= 4 is 22.6 Å². The van der Waals surface area contributed by atoms with Gasteiger partial charge in [-0.1, -0.05) is 0 Å². The molecule has 0 bridgehead atoms. The Bertz CT molecular complexity index is 1040. The zero-order chi connectivity index (χ0) is 19.6. The molecule has 1 aliphatic carbocycles. The van der Waals surface area contributed by atoms with Crippen LogP contribution in [0, 0.1) is 11.7 Å². The van der Waals surface area contributed by atoms with Crippen molar-refractivity contribution in [3.63, 3.8) is 0 Å². The normalized spacial score (nSPS) is 24.1. The van der Waals surface area contributed by atoms with Gasteiger partial charge in [0.1, 0.15) is 11.4 Å². The molecule has 28 heavy (non-hydrogen) atoms. The van der Waals surface area contributed by atoms with Crippen LogP contribution in [0.5, 0.6) is 0 Å². The first kappa shape index (κ1) is 17.7. The number of pyridine rings is 1.